The van der Waals surface area contributed by atoms with Crippen molar-refractivity contribution in [2.75, 3.05) is 92.5 Å². The predicted molar refractivity (Wildman–Crippen MR) is 216 cm³/mol. The van der Waals surface area contributed by atoms with Crippen LogP contribution < -0.4 is 0 Å². The first-order valence-corrected chi connectivity index (χ1v) is 22.5. The molecule has 0 aliphatic heterocycles. The number of ether oxygens (including phenoxy) is 7. The van der Waals surface area contributed by atoms with Crippen LogP contribution >= 0.6 is 0 Å². The van der Waals surface area contributed by atoms with Crippen molar-refractivity contribution in [2.24, 2.45) is 0 Å². The van der Waals surface area contributed by atoms with Crippen LogP contribution in [0.1, 0.15) is 194 Å². The lowest BCUT2D eigenvalue weighted by molar-refractivity contribution is -0.0206. The highest BCUT2D eigenvalue weighted by Crippen LogP contribution is 2.14. The Labute approximate surface area is 318 Å². The van der Waals surface area contributed by atoms with E-state index in [0.29, 0.717) is 79.3 Å². The SMILES string of the molecule is CCCCCCCCCCCCCCCCOCCOCCOCCOCCOCCOCCOCCCCCCCCCCCCCCCC. The van der Waals surface area contributed by atoms with Crippen molar-refractivity contribution in [2.45, 2.75) is 194 Å². The molecule has 0 aromatic carbocycles. The molecule has 7 nitrogen and oxygen atoms in total. The molecular weight excluding hydrogens is 640 g/mol. The summed E-state index contributed by atoms with van der Waals surface area (Å²) >= 11 is 0. The molecule has 0 aromatic heterocycles. The maximum atomic E-state index is 5.70. The van der Waals surface area contributed by atoms with E-state index < -0.39 is 0 Å². The smallest absolute Gasteiger partial charge is 0.0701 e. The van der Waals surface area contributed by atoms with Crippen molar-refractivity contribution in [1.82, 2.24) is 0 Å². The second kappa shape index (κ2) is 49.7. The van der Waals surface area contributed by atoms with Gasteiger partial charge in [-0.15, -0.1) is 0 Å². The van der Waals surface area contributed by atoms with Gasteiger partial charge in [-0.2, -0.15) is 0 Å². The van der Waals surface area contributed by atoms with E-state index in [-0.39, 0.29) is 0 Å². The first kappa shape index (κ1) is 50.7. The van der Waals surface area contributed by atoms with Gasteiger partial charge in [0.1, 0.15) is 0 Å². The number of hydrogen-bond donors (Lipinski definition) is 0. The Balaban J connectivity index is 3.04. The van der Waals surface area contributed by atoms with Crippen LogP contribution in [0.4, 0.5) is 0 Å². The molecule has 51 heavy (non-hydrogen) atoms. The summed E-state index contributed by atoms with van der Waals surface area (Å²) in [5.74, 6) is 0. The molecule has 0 radical (unpaired) electrons. The summed E-state index contributed by atoms with van der Waals surface area (Å²) in [5, 5.41) is 0. The highest BCUT2D eigenvalue weighted by molar-refractivity contribution is 4.51. The van der Waals surface area contributed by atoms with Gasteiger partial charge in [0.15, 0.2) is 0 Å². The second-order valence-electron chi connectivity index (χ2n) is 14.5. The standard InChI is InChI=1S/C44H90O7/c1-3-5-7-9-11-13-15-17-19-21-23-25-27-29-31-45-33-35-47-37-39-49-41-43-51-44-42-50-40-38-48-36-34-46-32-30-28-26-24-22-20-18-16-14-12-10-8-6-4-2/h3-44H2,1-2H3. The molecular formula is C44H90O7. The minimum Gasteiger partial charge on any atom is -0.379 e. The van der Waals surface area contributed by atoms with Gasteiger partial charge in [-0.05, 0) is 12.8 Å². The van der Waals surface area contributed by atoms with Crippen LogP contribution in [0.5, 0.6) is 0 Å². The van der Waals surface area contributed by atoms with Crippen LogP contribution in [-0.2, 0) is 33.2 Å². The van der Waals surface area contributed by atoms with Crippen molar-refractivity contribution in [3.05, 3.63) is 0 Å². The van der Waals surface area contributed by atoms with Crippen LogP contribution in [0.15, 0.2) is 0 Å². The number of rotatable bonds is 48. The van der Waals surface area contributed by atoms with E-state index in [0.717, 1.165) is 26.1 Å². The highest BCUT2D eigenvalue weighted by Gasteiger charge is 1.98. The average Bonchev–Trinajstić information content (AvgIpc) is 3.14. The highest BCUT2D eigenvalue weighted by atomic mass is 16.6. The van der Waals surface area contributed by atoms with Gasteiger partial charge in [-0.25, -0.2) is 0 Å². The maximum absolute atomic E-state index is 5.70. The van der Waals surface area contributed by atoms with Crippen molar-refractivity contribution >= 4 is 0 Å². The maximum Gasteiger partial charge on any atom is 0.0701 e. The van der Waals surface area contributed by atoms with Crippen LogP contribution in [0, 0.1) is 0 Å². The summed E-state index contributed by atoms with van der Waals surface area (Å²) in [4.78, 5) is 0. The third-order valence-corrected chi connectivity index (χ3v) is 9.52. The Hall–Kier alpha value is -0.280. The molecule has 0 saturated heterocycles. The molecule has 0 aliphatic carbocycles. The van der Waals surface area contributed by atoms with E-state index in [1.807, 2.05) is 0 Å². The Morgan fingerprint density at radius 1 is 0.157 bits per heavy atom. The molecule has 0 amide bonds. The van der Waals surface area contributed by atoms with Gasteiger partial charge in [0, 0.05) is 13.2 Å². The van der Waals surface area contributed by atoms with Gasteiger partial charge in [-0.3, -0.25) is 0 Å². The van der Waals surface area contributed by atoms with Crippen LogP contribution in [0.2, 0.25) is 0 Å². The van der Waals surface area contributed by atoms with Crippen molar-refractivity contribution in [3.63, 3.8) is 0 Å². The van der Waals surface area contributed by atoms with Crippen molar-refractivity contribution in [1.29, 1.82) is 0 Å². The quantitative estimate of drug-likeness (QED) is 0.0577. The molecule has 0 saturated carbocycles. The van der Waals surface area contributed by atoms with E-state index in [2.05, 4.69) is 13.8 Å². The minimum absolute atomic E-state index is 0.568. The zero-order valence-electron chi connectivity index (χ0n) is 34.6. The van der Waals surface area contributed by atoms with Gasteiger partial charge in [-0.1, -0.05) is 181 Å². The molecule has 0 atom stereocenters. The van der Waals surface area contributed by atoms with Gasteiger partial charge >= 0.3 is 0 Å². The third-order valence-electron chi connectivity index (χ3n) is 9.52. The molecule has 7 heteroatoms. The van der Waals surface area contributed by atoms with Crippen LogP contribution in [-0.4, -0.2) is 92.5 Å². The molecule has 0 aliphatic rings. The summed E-state index contributed by atoms with van der Waals surface area (Å²) in [6.45, 7) is 13.5. The van der Waals surface area contributed by atoms with Gasteiger partial charge in [0.2, 0.25) is 0 Å². The zero-order valence-corrected chi connectivity index (χ0v) is 34.6. The van der Waals surface area contributed by atoms with Crippen molar-refractivity contribution < 1.29 is 33.2 Å². The van der Waals surface area contributed by atoms with E-state index >= 15 is 0 Å². The van der Waals surface area contributed by atoms with Crippen molar-refractivity contribution in [3.8, 4) is 0 Å². The molecule has 0 bridgehead atoms. The fraction of sp³-hybridized carbons (Fsp3) is 1.00. The molecule has 0 fully saturated rings. The Morgan fingerprint density at radius 2 is 0.294 bits per heavy atom. The topological polar surface area (TPSA) is 64.6 Å². The normalized spacial score (nSPS) is 11.6. The van der Waals surface area contributed by atoms with E-state index in [1.54, 1.807) is 0 Å². The number of hydrogen-bond acceptors (Lipinski definition) is 7. The largest absolute Gasteiger partial charge is 0.379 e. The van der Waals surface area contributed by atoms with E-state index in [1.165, 1.54) is 167 Å². The first-order chi connectivity index (χ1) is 25.4. The molecule has 0 aromatic rings. The monoisotopic (exact) mass is 731 g/mol. The third kappa shape index (κ3) is 49.7. The van der Waals surface area contributed by atoms with E-state index in [9.17, 15) is 0 Å². The predicted octanol–water partition coefficient (Wildman–Crippen LogP) is 12.1. The molecule has 0 spiro atoms. The Bertz CT molecular complexity index is 532. The van der Waals surface area contributed by atoms with Gasteiger partial charge in [0.25, 0.3) is 0 Å². The van der Waals surface area contributed by atoms with E-state index in [4.69, 9.17) is 33.2 Å². The lowest BCUT2D eigenvalue weighted by atomic mass is 10.0. The first-order valence-electron chi connectivity index (χ1n) is 22.5. The summed E-state index contributed by atoms with van der Waals surface area (Å²) in [6.07, 6.45) is 38.8. The lowest BCUT2D eigenvalue weighted by Gasteiger charge is -2.08. The minimum atomic E-state index is 0.568. The Morgan fingerprint density at radius 3 is 0.471 bits per heavy atom. The fourth-order valence-corrected chi connectivity index (χ4v) is 6.22. The summed E-state index contributed by atoms with van der Waals surface area (Å²) in [5.41, 5.74) is 0. The fourth-order valence-electron chi connectivity index (χ4n) is 6.22. The lowest BCUT2D eigenvalue weighted by Crippen LogP contribution is -2.14. The Kier molecular flexibility index (Phi) is 49.4. The van der Waals surface area contributed by atoms with Crippen LogP contribution in [0.3, 0.4) is 0 Å². The average molecular weight is 731 g/mol. The number of unbranched alkanes of at least 4 members (excludes halogenated alkanes) is 26. The molecule has 0 unspecified atom stereocenters. The zero-order chi connectivity index (χ0) is 36.6. The van der Waals surface area contributed by atoms with Gasteiger partial charge < -0.3 is 33.2 Å². The molecule has 0 heterocycles. The summed E-state index contributed by atoms with van der Waals surface area (Å²) in [7, 11) is 0. The summed E-state index contributed by atoms with van der Waals surface area (Å²) in [6, 6.07) is 0. The molecule has 308 valence electrons. The second-order valence-corrected chi connectivity index (χ2v) is 14.5. The van der Waals surface area contributed by atoms with Crippen LogP contribution in [0.25, 0.3) is 0 Å². The molecule has 0 rings (SSSR count). The van der Waals surface area contributed by atoms with Gasteiger partial charge in [0.05, 0.1) is 79.3 Å². The molecule has 0 N–H and O–H groups in total. The summed E-state index contributed by atoms with van der Waals surface area (Å²) < 4.78 is 39.2.